The molecule has 0 aliphatic heterocycles. The van der Waals surface area contributed by atoms with Gasteiger partial charge in [0.2, 0.25) is 0 Å². The van der Waals surface area contributed by atoms with Gasteiger partial charge in [0, 0.05) is 26.3 Å². The van der Waals surface area contributed by atoms with E-state index in [0.717, 1.165) is 19.3 Å². The maximum atomic E-state index is 11.9. The summed E-state index contributed by atoms with van der Waals surface area (Å²) in [6, 6.07) is 138. The first-order valence-electron chi connectivity index (χ1n) is 32.2. The molecule has 13 aromatic rings. The van der Waals surface area contributed by atoms with Crippen LogP contribution in [0.3, 0.4) is 0 Å². The van der Waals surface area contributed by atoms with E-state index in [-0.39, 0.29) is 26.3 Å². The molecule has 0 atom stereocenters. The first-order chi connectivity index (χ1) is 46.0. The molecule has 1 nitrogen and oxygen atoms in total. The summed E-state index contributed by atoms with van der Waals surface area (Å²) in [6.45, 7) is 4.19. The molecule has 472 valence electrons. The van der Waals surface area contributed by atoms with Gasteiger partial charge in [0.05, 0.1) is 31.7 Å². The average Bonchev–Trinajstić information content (AvgIpc) is 1.06. The molecule has 94 heavy (non-hydrogen) atoms. The Morgan fingerprint density at radius 2 is 0.436 bits per heavy atom. The second kappa shape index (κ2) is 41.4. The number of benzene rings is 13. The predicted octanol–water partition coefficient (Wildman–Crippen LogP) is 17.3. The van der Waals surface area contributed by atoms with Crippen LogP contribution in [-0.2, 0) is 25.2 Å². The van der Waals surface area contributed by atoms with Gasteiger partial charge in [-0.1, -0.05) is 248 Å². The van der Waals surface area contributed by atoms with E-state index in [2.05, 4.69) is 419 Å². The van der Waals surface area contributed by atoms with E-state index in [1.54, 1.807) is 0 Å². The van der Waals surface area contributed by atoms with Crippen LogP contribution in [0, 0.1) is 15.9 Å². The summed E-state index contributed by atoms with van der Waals surface area (Å²) in [5.41, 5.74) is 1.24. The Bertz CT molecular complexity index is 3240. The Hall–Kier alpha value is -7.49. The second-order valence-corrected chi connectivity index (χ2v) is 33.2. The van der Waals surface area contributed by atoms with Crippen LogP contribution in [0.2, 0.25) is 0 Å². The minimum atomic E-state index is -0.877. The van der Waals surface area contributed by atoms with Crippen LogP contribution in [0.4, 0.5) is 0 Å². The zero-order valence-corrected chi connectivity index (χ0v) is 61.2. The molecule has 0 amide bonds. The van der Waals surface area contributed by atoms with Crippen LogP contribution in [0.1, 0.15) is 45.1 Å². The molecule has 0 saturated carbocycles. The van der Waals surface area contributed by atoms with Gasteiger partial charge in [0.15, 0.2) is 0 Å². The number of halogens is 1. The molecule has 0 N–H and O–H groups in total. The molecule has 0 aliphatic carbocycles. The first kappa shape index (κ1) is 72.3. The van der Waals surface area contributed by atoms with Crippen LogP contribution in [-0.4, -0.2) is 5.78 Å². The number of carbonyl (C=O) groups excluding carboxylic acids is 1. The van der Waals surface area contributed by atoms with Gasteiger partial charge < -0.3 is 0 Å². The van der Waals surface area contributed by atoms with Crippen molar-refractivity contribution < 1.29 is 25.2 Å². The molecule has 13 aromatic carbocycles. The molecule has 0 unspecified atom stereocenters. The van der Waals surface area contributed by atoms with Crippen LogP contribution in [0.15, 0.2) is 388 Å². The standard InChI is InChI=1S/4C18H15P.C15H20IO.Pd/c4*1-4-10-16(11-5-1)19(17-12-6-2-7-13-17)18-14-8-3-9-15-18;1-3-12(4-2)15(17)11-7-9-13-8-5-6-10-14(13)16;/h4*1-15H;5-6,8-10,12H,3-4,7,11H2,1-2H3;/q;;;;-1;/p+4. The zero-order chi connectivity index (χ0) is 64.3. The van der Waals surface area contributed by atoms with Gasteiger partial charge in [-0.2, -0.15) is 18.1 Å². The topological polar surface area (TPSA) is 17.1 Å². The fourth-order valence-corrected chi connectivity index (χ4v) is 22.1. The molecule has 0 aliphatic rings. The van der Waals surface area contributed by atoms with Gasteiger partial charge >= 0.3 is 0 Å². The van der Waals surface area contributed by atoms with Crippen molar-refractivity contribution in [3.8, 4) is 0 Å². The summed E-state index contributed by atoms with van der Waals surface area (Å²) in [7, 11) is -3.51. The number of hydrogen-bond acceptors (Lipinski definition) is 1. The van der Waals surface area contributed by atoms with Crippen molar-refractivity contribution in [2.75, 3.05) is 0 Å². The summed E-state index contributed by atoms with van der Waals surface area (Å²) in [5, 5.41) is 17.2. The third kappa shape index (κ3) is 22.6. The summed E-state index contributed by atoms with van der Waals surface area (Å²) in [6.07, 6.45) is 5.64. The summed E-state index contributed by atoms with van der Waals surface area (Å²) < 4.78 is 1.25. The van der Waals surface area contributed by atoms with Crippen LogP contribution >= 0.6 is 54.3 Å². The fraction of sp³-hybridized carbons (Fsp3) is 0.0805. The smallest absolute Gasteiger partial charge is 0.135 e. The quantitative estimate of drug-likeness (QED) is 0.0341. The van der Waals surface area contributed by atoms with E-state index in [0.29, 0.717) is 12.2 Å². The van der Waals surface area contributed by atoms with Gasteiger partial charge in [0.25, 0.3) is 0 Å². The first-order valence-corrected chi connectivity index (χ1v) is 39.3. The Kier molecular flexibility index (Phi) is 31.8. The van der Waals surface area contributed by atoms with Crippen molar-refractivity contribution in [1.82, 2.24) is 0 Å². The zero-order valence-electron chi connectivity index (χ0n) is 53.5. The summed E-state index contributed by atoms with van der Waals surface area (Å²) in [4.78, 5) is 11.9. The number of ketones is 1. The van der Waals surface area contributed by atoms with Crippen LogP contribution in [0.5, 0.6) is 0 Å². The number of Topliss-reactive ketones (excluding diaryl/α,β-unsaturated/α-hetero) is 1. The largest absolute Gasteiger partial charge is 0.299 e. The Labute approximate surface area is 593 Å². The average molecular weight is 1500 g/mol. The minimum absolute atomic E-state index is 0. The molecule has 0 aromatic heterocycles. The van der Waals surface area contributed by atoms with Gasteiger partial charge in [-0.3, -0.25) is 4.79 Å². The van der Waals surface area contributed by atoms with E-state index >= 15 is 0 Å². The monoisotopic (exact) mass is 1500 g/mol. The van der Waals surface area contributed by atoms with Crippen molar-refractivity contribution in [3.05, 3.63) is 404 Å². The Morgan fingerprint density at radius 1 is 0.277 bits per heavy atom. The second-order valence-electron chi connectivity index (χ2n) is 22.1. The van der Waals surface area contributed by atoms with Crippen molar-refractivity contribution in [2.24, 2.45) is 5.92 Å². The predicted molar refractivity (Wildman–Crippen MR) is 427 cm³/mol. The number of carbonyl (C=O) groups is 1. The fourth-order valence-electron chi connectivity index (χ4n) is 11.2. The van der Waals surface area contributed by atoms with E-state index in [4.69, 9.17) is 0 Å². The van der Waals surface area contributed by atoms with Crippen molar-refractivity contribution >= 4 is 124 Å². The number of hydrogen-bond donors (Lipinski definition) is 0. The molecule has 0 radical (unpaired) electrons. The minimum Gasteiger partial charge on any atom is -0.299 e. The molecule has 0 bridgehead atoms. The van der Waals surface area contributed by atoms with Crippen LogP contribution < -0.4 is 63.7 Å². The molecule has 7 heteroatoms. The third-order valence-electron chi connectivity index (χ3n) is 15.9. The maximum Gasteiger partial charge on any atom is 0.135 e. The molecule has 0 saturated heterocycles. The summed E-state index contributed by atoms with van der Waals surface area (Å²) in [5.74, 6) is 0.676. The SMILES string of the molecule is CCC(CC)C(=O)CC[CH-]c1ccccc1I.[Pd].c1ccc([PH+](c2ccccc2)c2ccccc2)cc1.c1ccc([PH+](c2ccccc2)c2ccccc2)cc1.c1ccc([PH+](c2ccccc2)c2ccccc2)cc1.c1ccc([PH+](c2ccccc2)c2ccccc2)cc1. The van der Waals surface area contributed by atoms with Crippen molar-refractivity contribution in [1.29, 1.82) is 0 Å². The Balaban J connectivity index is 0.000000150. The summed E-state index contributed by atoms with van der Waals surface area (Å²) >= 11 is 2.33. The van der Waals surface area contributed by atoms with E-state index < -0.39 is 31.7 Å². The van der Waals surface area contributed by atoms with Crippen LogP contribution in [0.25, 0.3) is 0 Å². The molecule has 0 fully saturated rings. The maximum absolute atomic E-state index is 11.9. The van der Waals surface area contributed by atoms with E-state index in [1.807, 2.05) is 12.1 Å². The van der Waals surface area contributed by atoms with E-state index in [9.17, 15) is 4.79 Å². The van der Waals surface area contributed by atoms with Gasteiger partial charge in [0.1, 0.15) is 69.4 Å². The van der Waals surface area contributed by atoms with Crippen molar-refractivity contribution in [3.63, 3.8) is 0 Å². The van der Waals surface area contributed by atoms with Crippen molar-refractivity contribution in [2.45, 2.75) is 39.5 Å². The molecular formula is C87H84IOP4Pd+3. The third-order valence-corrected chi connectivity index (χ3v) is 27.8. The Morgan fingerprint density at radius 3 is 0.596 bits per heavy atom. The van der Waals surface area contributed by atoms with E-state index in [1.165, 1.54) is 72.8 Å². The van der Waals surface area contributed by atoms with Gasteiger partial charge in [-0.15, -0.1) is 34.7 Å². The normalized spacial score (nSPS) is 10.5. The van der Waals surface area contributed by atoms with Gasteiger partial charge in [-0.05, 0) is 165 Å². The molecular weight excluding hydrogens is 1420 g/mol. The number of rotatable bonds is 19. The molecule has 13 rings (SSSR count). The molecule has 0 heterocycles. The molecule has 0 spiro atoms. The van der Waals surface area contributed by atoms with Gasteiger partial charge in [-0.25, -0.2) is 0 Å².